The molecule has 188 valence electrons. The van der Waals surface area contributed by atoms with E-state index in [0.29, 0.717) is 6.61 Å². The molecule has 14 heteroatoms. The molecule has 0 amide bonds. The van der Waals surface area contributed by atoms with E-state index in [1.807, 2.05) is 24.4 Å². The fourth-order valence-corrected chi connectivity index (χ4v) is 2.97. The number of piperidine rings is 1. The Morgan fingerprint density at radius 2 is 1.64 bits per heavy atom. The van der Waals surface area contributed by atoms with Gasteiger partial charge in [0.2, 0.25) is 0 Å². The monoisotopic (exact) mass is 490 g/mol. The van der Waals surface area contributed by atoms with Crippen LogP contribution in [-0.2, 0) is 25.7 Å². The molecule has 2 fully saturated rings. The average molecular weight is 490 g/mol. The summed E-state index contributed by atoms with van der Waals surface area (Å²) in [4.78, 5) is 24.4. The Labute approximate surface area is 185 Å². The summed E-state index contributed by atoms with van der Waals surface area (Å²) in [6.45, 7) is 3.58. The smallest absolute Gasteiger partial charge is 0.475 e. The van der Waals surface area contributed by atoms with Gasteiger partial charge >= 0.3 is 24.3 Å². The molecule has 1 unspecified atom stereocenters. The third-order valence-electron chi connectivity index (χ3n) is 4.75. The highest BCUT2D eigenvalue weighted by Gasteiger charge is 2.42. The lowest BCUT2D eigenvalue weighted by Gasteiger charge is -2.36. The van der Waals surface area contributed by atoms with Gasteiger partial charge in [-0.15, -0.1) is 0 Å². The van der Waals surface area contributed by atoms with Gasteiger partial charge in [0.05, 0.1) is 30.6 Å². The van der Waals surface area contributed by atoms with Gasteiger partial charge in [0.15, 0.2) is 0 Å². The first-order valence-electron chi connectivity index (χ1n) is 9.59. The summed E-state index contributed by atoms with van der Waals surface area (Å²) >= 11 is 0. The minimum Gasteiger partial charge on any atom is -0.475 e. The zero-order valence-electron chi connectivity index (χ0n) is 17.5. The van der Waals surface area contributed by atoms with Gasteiger partial charge in [-0.2, -0.15) is 26.3 Å². The van der Waals surface area contributed by atoms with Gasteiger partial charge in [0, 0.05) is 25.7 Å². The molecule has 0 aromatic carbocycles. The number of pyridine rings is 1. The van der Waals surface area contributed by atoms with Crippen LogP contribution < -0.4 is 0 Å². The highest BCUT2D eigenvalue weighted by molar-refractivity contribution is 5.73. The van der Waals surface area contributed by atoms with Crippen molar-refractivity contribution in [1.82, 2.24) is 9.88 Å². The van der Waals surface area contributed by atoms with E-state index in [1.165, 1.54) is 0 Å². The molecule has 2 N–H and O–H groups in total. The summed E-state index contributed by atoms with van der Waals surface area (Å²) in [6.07, 6.45) is -4.83. The van der Waals surface area contributed by atoms with E-state index in [9.17, 15) is 26.3 Å². The number of aliphatic carboxylic acids is 2. The third-order valence-corrected chi connectivity index (χ3v) is 4.75. The zero-order chi connectivity index (χ0) is 25.3. The molecule has 3 rings (SSSR count). The first-order chi connectivity index (χ1) is 15.1. The summed E-state index contributed by atoms with van der Waals surface area (Å²) in [5.41, 5.74) is 1.08. The van der Waals surface area contributed by atoms with Crippen LogP contribution in [0.2, 0.25) is 0 Å². The first-order valence-corrected chi connectivity index (χ1v) is 9.59. The van der Waals surface area contributed by atoms with Gasteiger partial charge in [-0.25, -0.2) is 9.59 Å². The number of halogens is 6. The van der Waals surface area contributed by atoms with Crippen LogP contribution in [0.3, 0.4) is 0 Å². The number of hydrogen-bond acceptors (Lipinski definition) is 6. The number of rotatable bonds is 3. The van der Waals surface area contributed by atoms with Crippen LogP contribution in [0.25, 0.3) is 0 Å². The van der Waals surface area contributed by atoms with Gasteiger partial charge in [0.25, 0.3) is 0 Å². The van der Waals surface area contributed by atoms with Gasteiger partial charge in [-0.1, -0.05) is 6.07 Å². The van der Waals surface area contributed by atoms with Crippen LogP contribution in [0.5, 0.6) is 0 Å². The van der Waals surface area contributed by atoms with E-state index in [-0.39, 0.29) is 11.7 Å². The van der Waals surface area contributed by atoms with E-state index in [1.54, 1.807) is 0 Å². The van der Waals surface area contributed by atoms with E-state index in [0.717, 1.165) is 44.7 Å². The molecule has 1 aromatic heterocycles. The Hall–Kier alpha value is -2.45. The number of nitrogens with zero attached hydrogens (tertiary/aromatic N) is 2. The highest BCUT2D eigenvalue weighted by atomic mass is 19.4. The van der Waals surface area contributed by atoms with Crippen molar-refractivity contribution < 1.29 is 55.6 Å². The molecule has 1 atom stereocenters. The molecule has 0 saturated carbocycles. The van der Waals surface area contributed by atoms with E-state index in [4.69, 9.17) is 29.3 Å². The summed E-state index contributed by atoms with van der Waals surface area (Å²) in [5, 5.41) is 14.2. The van der Waals surface area contributed by atoms with Crippen LogP contribution in [0.15, 0.2) is 24.4 Å². The fourth-order valence-electron chi connectivity index (χ4n) is 2.97. The SMILES string of the molecule is CN1CCC2(CC1)CC(OCc1ccccn1)CO2.O=C(O)C(F)(F)F.O=C(O)C(F)(F)F. The number of aromatic nitrogens is 1. The minimum atomic E-state index is -5.08. The molecular weight excluding hydrogens is 466 g/mol. The van der Waals surface area contributed by atoms with Crippen molar-refractivity contribution >= 4 is 11.9 Å². The van der Waals surface area contributed by atoms with Crippen LogP contribution in [-0.4, -0.2) is 82.8 Å². The maximum absolute atomic E-state index is 10.6. The van der Waals surface area contributed by atoms with Crippen molar-refractivity contribution in [3.63, 3.8) is 0 Å². The second-order valence-corrected chi connectivity index (χ2v) is 7.36. The van der Waals surface area contributed by atoms with Crippen LogP contribution in [0.1, 0.15) is 25.0 Å². The van der Waals surface area contributed by atoms with Crippen molar-refractivity contribution in [1.29, 1.82) is 0 Å². The highest BCUT2D eigenvalue weighted by Crippen LogP contribution is 2.36. The lowest BCUT2D eigenvalue weighted by molar-refractivity contribution is -0.193. The number of alkyl halides is 6. The molecule has 33 heavy (non-hydrogen) atoms. The molecule has 2 aliphatic rings. The zero-order valence-corrected chi connectivity index (χ0v) is 17.5. The normalized spacial score (nSPS) is 20.3. The predicted molar refractivity (Wildman–Crippen MR) is 100 cm³/mol. The van der Waals surface area contributed by atoms with Gasteiger partial charge in [-0.3, -0.25) is 4.98 Å². The second kappa shape index (κ2) is 12.1. The summed E-state index contributed by atoms with van der Waals surface area (Å²) < 4.78 is 75.5. The number of likely N-dealkylation sites (tertiary alicyclic amines) is 1. The van der Waals surface area contributed by atoms with E-state index >= 15 is 0 Å². The first kappa shape index (κ1) is 28.6. The van der Waals surface area contributed by atoms with Crippen molar-refractivity contribution in [3.05, 3.63) is 30.1 Å². The van der Waals surface area contributed by atoms with E-state index < -0.39 is 24.3 Å². The number of carboxylic acids is 2. The average Bonchev–Trinajstić information content (AvgIpc) is 3.12. The lowest BCUT2D eigenvalue weighted by atomic mass is 9.88. The summed E-state index contributed by atoms with van der Waals surface area (Å²) in [5.74, 6) is -5.51. The Morgan fingerprint density at radius 3 is 2.06 bits per heavy atom. The Morgan fingerprint density at radius 1 is 1.12 bits per heavy atom. The van der Waals surface area contributed by atoms with Gasteiger partial charge < -0.3 is 24.6 Å². The summed E-state index contributed by atoms with van der Waals surface area (Å²) in [6, 6.07) is 5.92. The Balaban J connectivity index is 0.000000324. The number of ether oxygens (including phenoxy) is 2. The number of carbonyl (C=O) groups is 2. The van der Waals surface area contributed by atoms with Crippen molar-refractivity contribution in [2.24, 2.45) is 0 Å². The van der Waals surface area contributed by atoms with Gasteiger partial charge in [0.1, 0.15) is 0 Å². The van der Waals surface area contributed by atoms with E-state index in [2.05, 4.69) is 16.9 Å². The van der Waals surface area contributed by atoms with Crippen molar-refractivity contribution in [2.45, 2.75) is 49.9 Å². The second-order valence-electron chi connectivity index (χ2n) is 7.36. The van der Waals surface area contributed by atoms with Gasteiger partial charge in [-0.05, 0) is 32.0 Å². The third kappa shape index (κ3) is 10.8. The Bertz CT molecular complexity index is 727. The molecule has 0 aliphatic carbocycles. The standard InChI is InChI=1S/C15H22N2O2.2C2HF3O2/c1-17-8-5-15(6-9-17)10-14(12-19-15)18-11-13-4-2-3-7-16-13;2*3-2(4,5)1(6)7/h2-4,7,14H,5-6,8-12H2,1H3;2*(H,6,7). The maximum atomic E-state index is 10.6. The number of hydrogen-bond donors (Lipinski definition) is 2. The fraction of sp³-hybridized carbons (Fsp3) is 0.632. The Kier molecular flexibility index (Phi) is 10.5. The maximum Gasteiger partial charge on any atom is 0.490 e. The molecule has 8 nitrogen and oxygen atoms in total. The topological polar surface area (TPSA) is 109 Å². The summed E-state index contributed by atoms with van der Waals surface area (Å²) in [7, 11) is 2.18. The molecule has 1 spiro atoms. The largest absolute Gasteiger partial charge is 0.490 e. The molecule has 2 aliphatic heterocycles. The van der Waals surface area contributed by atoms with Crippen LogP contribution in [0.4, 0.5) is 26.3 Å². The molecule has 2 saturated heterocycles. The predicted octanol–water partition coefficient (Wildman–Crippen LogP) is 3.12. The molecule has 0 radical (unpaired) electrons. The number of carboxylic acid groups (broad SMARTS) is 2. The van der Waals surface area contributed by atoms with Crippen molar-refractivity contribution in [3.8, 4) is 0 Å². The van der Waals surface area contributed by atoms with Crippen molar-refractivity contribution in [2.75, 3.05) is 26.7 Å². The molecular formula is C19H24F6N2O6. The quantitative estimate of drug-likeness (QED) is 0.623. The molecule has 3 heterocycles. The van der Waals surface area contributed by atoms with Crippen LogP contribution >= 0.6 is 0 Å². The minimum absolute atomic E-state index is 0.0846. The lowest BCUT2D eigenvalue weighted by Crippen LogP contribution is -2.42. The molecule has 0 bridgehead atoms. The molecule has 1 aromatic rings. The van der Waals surface area contributed by atoms with Crippen LogP contribution in [0, 0.1) is 0 Å².